The summed E-state index contributed by atoms with van der Waals surface area (Å²) in [5.74, 6) is -0.855. The Bertz CT molecular complexity index is 1160. The summed E-state index contributed by atoms with van der Waals surface area (Å²) in [5.41, 5.74) is 0. The fraction of sp³-hybridized carbons (Fsp3) is 0.894. The van der Waals surface area contributed by atoms with Gasteiger partial charge in [-0.05, 0) is 51.4 Å². The number of hydrogen-bond acceptors (Lipinski definition) is 6. The van der Waals surface area contributed by atoms with Crippen molar-refractivity contribution in [3.63, 3.8) is 0 Å². The Kier molecular flexibility index (Phi) is 59.6. The number of ether oxygens (including phenoxy) is 3. The van der Waals surface area contributed by atoms with E-state index in [0.717, 1.165) is 64.2 Å². The van der Waals surface area contributed by atoms with Gasteiger partial charge < -0.3 is 14.2 Å². The lowest BCUT2D eigenvalue weighted by molar-refractivity contribution is -0.167. The van der Waals surface area contributed by atoms with Gasteiger partial charge in [-0.25, -0.2) is 0 Å². The van der Waals surface area contributed by atoms with Crippen molar-refractivity contribution in [1.82, 2.24) is 0 Å². The molecule has 0 rings (SSSR count). The first-order valence-electron chi connectivity index (χ1n) is 32.3. The van der Waals surface area contributed by atoms with Crippen LogP contribution in [0.1, 0.15) is 361 Å². The molecule has 1 atom stereocenters. The van der Waals surface area contributed by atoms with Crippen molar-refractivity contribution in [2.75, 3.05) is 13.2 Å². The normalized spacial score (nSPS) is 12.1. The highest BCUT2D eigenvalue weighted by atomic mass is 16.6. The predicted octanol–water partition coefficient (Wildman–Crippen LogP) is 21.8. The standard InChI is InChI=1S/C66H124O6/c1-4-7-10-13-16-18-20-22-24-26-28-30-32-33-35-36-38-40-42-44-46-48-50-53-56-59-65(68)71-62-63(61-70-64(67)58-55-52-15-12-9-6-3)72-66(69)60-57-54-51-49-47-45-43-41-39-37-34-31-29-27-25-23-21-19-17-14-11-8-5-2/h21,23,27,29,63H,4-20,22,24-26,28,30-62H2,1-3H3/b23-21-,29-27-. The minimum Gasteiger partial charge on any atom is -0.462 e. The molecule has 0 aromatic rings. The molecule has 0 aliphatic rings. The maximum absolute atomic E-state index is 12.8. The van der Waals surface area contributed by atoms with E-state index in [1.165, 1.54) is 257 Å². The van der Waals surface area contributed by atoms with Crippen molar-refractivity contribution in [3.05, 3.63) is 24.3 Å². The molecule has 72 heavy (non-hydrogen) atoms. The molecule has 0 aromatic heterocycles. The van der Waals surface area contributed by atoms with Crippen LogP contribution in [0.15, 0.2) is 24.3 Å². The molecule has 0 fully saturated rings. The lowest BCUT2D eigenvalue weighted by Crippen LogP contribution is -2.30. The summed E-state index contributed by atoms with van der Waals surface area (Å²) in [6.07, 6.45) is 73.7. The third-order valence-corrected chi connectivity index (χ3v) is 14.7. The summed E-state index contributed by atoms with van der Waals surface area (Å²) < 4.78 is 16.8. The van der Waals surface area contributed by atoms with Gasteiger partial charge in [-0.1, -0.05) is 315 Å². The maximum Gasteiger partial charge on any atom is 0.306 e. The van der Waals surface area contributed by atoms with Crippen LogP contribution in [0.4, 0.5) is 0 Å². The van der Waals surface area contributed by atoms with Crippen LogP contribution in [0.25, 0.3) is 0 Å². The lowest BCUT2D eigenvalue weighted by atomic mass is 10.0. The average molecular weight is 1010 g/mol. The third-order valence-electron chi connectivity index (χ3n) is 14.7. The van der Waals surface area contributed by atoms with Crippen LogP contribution >= 0.6 is 0 Å². The molecule has 0 heterocycles. The summed E-state index contributed by atoms with van der Waals surface area (Å²) >= 11 is 0. The Hall–Kier alpha value is -2.11. The second kappa shape index (κ2) is 61.4. The Labute approximate surface area is 449 Å². The second-order valence-corrected chi connectivity index (χ2v) is 22.0. The van der Waals surface area contributed by atoms with E-state index in [4.69, 9.17) is 14.2 Å². The Morgan fingerprint density at radius 1 is 0.278 bits per heavy atom. The third kappa shape index (κ3) is 58.8. The molecule has 0 aliphatic carbocycles. The average Bonchev–Trinajstić information content (AvgIpc) is 3.38. The van der Waals surface area contributed by atoms with Gasteiger partial charge in [0, 0.05) is 19.3 Å². The second-order valence-electron chi connectivity index (χ2n) is 22.0. The van der Waals surface area contributed by atoms with Gasteiger partial charge in [-0.15, -0.1) is 0 Å². The number of allylic oxidation sites excluding steroid dienone is 4. The highest BCUT2D eigenvalue weighted by molar-refractivity contribution is 5.71. The van der Waals surface area contributed by atoms with E-state index in [-0.39, 0.29) is 31.1 Å². The van der Waals surface area contributed by atoms with E-state index >= 15 is 0 Å². The monoisotopic (exact) mass is 1010 g/mol. The molecule has 0 aromatic carbocycles. The van der Waals surface area contributed by atoms with Gasteiger partial charge in [0.25, 0.3) is 0 Å². The molecular weight excluding hydrogens is 889 g/mol. The predicted molar refractivity (Wildman–Crippen MR) is 312 cm³/mol. The molecule has 0 spiro atoms. The highest BCUT2D eigenvalue weighted by Gasteiger charge is 2.19. The first kappa shape index (κ1) is 69.9. The molecule has 0 bridgehead atoms. The van der Waals surface area contributed by atoms with Crippen LogP contribution in [-0.4, -0.2) is 37.2 Å². The van der Waals surface area contributed by atoms with Crippen LogP contribution in [0.2, 0.25) is 0 Å². The summed E-state index contributed by atoms with van der Waals surface area (Å²) in [7, 11) is 0. The maximum atomic E-state index is 12.8. The van der Waals surface area contributed by atoms with E-state index in [1.807, 2.05) is 0 Å². The Morgan fingerprint density at radius 2 is 0.500 bits per heavy atom. The summed E-state index contributed by atoms with van der Waals surface area (Å²) in [6.45, 7) is 6.63. The van der Waals surface area contributed by atoms with E-state index < -0.39 is 6.10 Å². The highest BCUT2D eigenvalue weighted by Crippen LogP contribution is 2.18. The number of rotatable bonds is 60. The zero-order valence-electron chi connectivity index (χ0n) is 48.7. The smallest absolute Gasteiger partial charge is 0.306 e. The molecule has 0 saturated carbocycles. The molecular formula is C66H124O6. The largest absolute Gasteiger partial charge is 0.462 e. The van der Waals surface area contributed by atoms with Gasteiger partial charge in [0.05, 0.1) is 0 Å². The number of hydrogen-bond donors (Lipinski definition) is 0. The molecule has 424 valence electrons. The number of carbonyl (C=O) groups excluding carboxylic acids is 3. The summed E-state index contributed by atoms with van der Waals surface area (Å²) in [4.78, 5) is 38.0. The first-order chi connectivity index (χ1) is 35.5. The lowest BCUT2D eigenvalue weighted by Gasteiger charge is -2.18. The van der Waals surface area contributed by atoms with Crippen molar-refractivity contribution < 1.29 is 28.6 Å². The zero-order valence-corrected chi connectivity index (χ0v) is 48.7. The molecule has 0 N–H and O–H groups in total. The molecule has 1 unspecified atom stereocenters. The topological polar surface area (TPSA) is 78.9 Å². The first-order valence-corrected chi connectivity index (χ1v) is 32.3. The minimum atomic E-state index is -0.766. The summed E-state index contributed by atoms with van der Waals surface area (Å²) in [5, 5.41) is 0. The van der Waals surface area contributed by atoms with Gasteiger partial charge in [0.15, 0.2) is 6.10 Å². The molecule has 0 aliphatic heterocycles. The van der Waals surface area contributed by atoms with Crippen LogP contribution in [0.3, 0.4) is 0 Å². The van der Waals surface area contributed by atoms with Gasteiger partial charge in [0.2, 0.25) is 0 Å². The molecule has 6 heteroatoms. The molecule has 0 saturated heterocycles. The van der Waals surface area contributed by atoms with Crippen molar-refractivity contribution in [2.45, 2.75) is 367 Å². The van der Waals surface area contributed by atoms with Crippen molar-refractivity contribution >= 4 is 17.9 Å². The van der Waals surface area contributed by atoms with Crippen molar-refractivity contribution in [1.29, 1.82) is 0 Å². The van der Waals surface area contributed by atoms with Gasteiger partial charge >= 0.3 is 17.9 Å². The molecule has 0 amide bonds. The van der Waals surface area contributed by atoms with Crippen LogP contribution in [-0.2, 0) is 28.6 Å². The number of carbonyl (C=O) groups is 3. The quantitative estimate of drug-likeness (QED) is 0.0261. The minimum absolute atomic E-state index is 0.0669. The SMILES string of the molecule is CCCCCCC/C=C\C/C=C\CCCCCCCCCCCCCC(=O)OC(COC(=O)CCCCCCCC)COC(=O)CCCCCCCCCCCCCCCCCCCCCCCCCCC. The van der Waals surface area contributed by atoms with Gasteiger partial charge in [-0.3, -0.25) is 14.4 Å². The number of esters is 3. The summed E-state index contributed by atoms with van der Waals surface area (Å²) in [6, 6.07) is 0. The Morgan fingerprint density at radius 3 is 0.764 bits per heavy atom. The van der Waals surface area contributed by atoms with E-state index in [1.54, 1.807) is 0 Å². The van der Waals surface area contributed by atoms with Gasteiger partial charge in [0.1, 0.15) is 13.2 Å². The van der Waals surface area contributed by atoms with Crippen LogP contribution in [0.5, 0.6) is 0 Å². The van der Waals surface area contributed by atoms with Crippen molar-refractivity contribution in [3.8, 4) is 0 Å². The van der Waals surface area contributed by atoms with E-state index in [2.05, 4.69) is 45.1 Å². The fourth-order valence-corrected chi connectivity index (χ4v) is 9.83. The van der Waals surface area contributed by atoms with E-state index in [9.17, 15) is 14.4 Å². The van der Waals surface area contributed by atoms with Crippen molar-refractivity contribution in [2.24, 2.45) is 0 Å². The molecule has 0 radical (unpaired) electrons. The van der Waals surface area contributed by atoms with Crippen LogP contribution in [0, 0.1) is 0 Å². The number of unbranched alkanes of at least 4 members (excludes halogenated alkanes) is 45. The van der Waals surface area contributed by atoms with Gasteiger partial charge in [-0.2, -0.15) is 0 Å². The Balaban J connectivity index is 4.03. The zero-order chi connectivity index (χ0) is 52.2. The molecule has 6 nitrogen and oxygen atoms in total. The van der Waals surface area contributed by atoms with E-state index in [0.29, 0.717) is 19.3 Å². The fourth-order valence-electron chi connectivity index (χ4n) is 9.83. The van der Waals surface area contributed by atoms with Crippen LogP contribution < -0.4 is 0 Å².